The van der Waals surface area contributed by atoms with E-state index in [9.17, 15) is 9.59 Å². The number of amidine groups is 1. The second-order valence-corrected chi connectivity index (χ2v) is 7.97. The first-order chi connectivity index (χ1) is 13.4. The first kappa shape index (κ1) is 20.5. The van der Waals surface area contributed by atoms with Gasteiger partial charge in [0.05, 0.1) is 26.4 Å². The number of carbonyl (C=O) groups excluding carboxylic acids is 2. The van der Waals surface area contributed by atoms with Crippen LogP contribution in [-0.2, 0) is 9.59 Å². The predicted molar refractivity (Wildman–Crippen MR) is 112 cm³/mol. The van der Waals surface area contributed by atoms with Crippen molar-refractivity contribution < 1.29 is 9.59 Å². The third-order valence-corrected chi connectivity index (χ3v) is 5.76. The molecular weight excluding hydrogens is 443 g/mol. The SMILES string of the molecule is N#CNC(=Nc1ccccc1Cl)S[C@@H]1CC(=O)N(c2c(Cl)cccc2Cl)C1=O. The van der Waals surface area contributed by atoms with Crippen LogP contribution in [0.4, 0.5) is 11.4 Å². The second kappa shape index (κ2) is 8.84. The number of benzene rings is 2. The first-order valence-electron chi connectivity index (χ1n) is 7.88. The molecule has 10 heteroatoms. The molecule has 3 rings (SSSR count). The lowest BCUT2D eigenvalue weighted by molar-refractivity contribution is -0.121. The van der Waals surface area contributed by atoms with Crippen LogP contribution < -0.4 is 10.2 Å². The molecule has 6 nitrogen and oxygen atoms in total. The van der Waals surface area contributed by atoms with E-state index in [0.29, 0.717) is 10.7 Å². The molecular formula is C18H11Cl3N4O2S. The van der Waals surface area contributed by atoms with E-state index in [0.717, 1.165) is 16.7 Å². The van der Waals surface area contributed by atoms with Crippen molar-refractivity contribution in [2.45, 2.75) is 11.7 Å². The van der Waals surface area contributed by atoms with Crippen LogP contribution in [0.1, 0.15) is 6.42 Å². The standard InChI is InChI=1S/C18H11Cl3N4O2S/c19-10-4-1-2-7-13(10)24-18(23-9-22)28-14-8-15(26)25(17(14)27)16-11(20)5-3-6-12(16)21/h1-7,14H,8H2,(H,23,24)/t14-/m1/s1. The van der Waals surface area contributed by atoms with Gasteiger partial charge < -0.3 is 0 Å². The highest BCUT2D eigenvalue weighted by Crippen LogP contribution is 2.39. The van der Waals surface area contributed by atoms with Crippen LogP contribution in [-0.4, -0.2) is 22.2 Å². The van der Waals surface area contributed by atoms with Crippen LogP contribution in [0.5, 0.6) is 0 Å². The fourth-order valence-electron chi connectivity index (χ4n) is 2.55. The molecule has 0 radical (unpaired) electrons. The van der Waals surface area contributed by atoms with Gasteiger partial charge >= 0.3 is 0 Å². The van der Waals surface area contributed by atoms with E-state index in [1.54, 1.807) is 48.7 Å². The summed E-state index contributed by atoms with van der Waals surface area (Å²) in [5, 5.41) is 11.6. The van der Waals surface area contributed by atoms with Crippen LogP contribution in [0.3, 0.4) is 0 Å². The number of anilines is 1. The minimum atomic E-state index is -0.790. The lowest BCUT2D eigenvalue weighted by Gasteiger charge is -2.17. The molecule has 0 unspecified atom stereocenters. The molecule has 1 saturated heterocycles. The van der Waals surface area contributed by atoms with E-state index in [1.807, 2.05) is 0 Å². The summed E-state index contributed by atoms with van der Waals surface area (Å²) in [4.78, 5) is 30.6. The number of para-hydroxylation sites is 2. The summed E-state index contributed by atoms with van der Waals surface area (Å²) >= 11 is 19.3. The van der Waals surface area contributed by atoms with Gasteiger partial charge in [0, 0.05) is 6.42 Å². The summed E-state index contributed by atoms with van der Waals surface area (Å²) < 4.78 is 0. The Hall–Kier alpha value is -2.24. The van der Waals surface area contributed by atoms with Crippen molar-refractivity contribution in [3.8, 4) is 6.19 Å². The van der Waals surface area contributed by atoms with Crippen molar-refractivity contribution in [1.29, 1.82) is 5.26 Å². The Bertz CT molecular complexity index is 1000. The Labute approximate surface area is 180 Å². The molecule has 0 spiro atoms. The van der Waals surface area contributed by atoms with E-state index < -0.39 is 17.1 Å². The van der Waals surface area contributed by atoms with E-state index in [-0.39, 0.29) is 27.3 Å². The zero-order chi connectivity index (χ0) is 20.3. The molecule has 1 aliphatic heterocycles. The van der Waals surface area contributed by atoms with Gasteiger partial charge in [0.15, 0.2) is 11.4 Å². The maximum atomic E-state index is 12.9. The average molecular weight is 454 g/mol. The van der Waals surface area contributed by atoms with E-state index in [4.69, 9.17) is 40.1 Å². The number of rotatable bonds is 3. The Balaban J connectivity index is 1.88. The Morgan fingerprint density at radius 1 is 1.11 bits per heavy atom. The molecule has 1 N–H and O–H groups in total. The normalized spacial score (nSPS) is 17.0. The number of thioether (sulfide) groups is 1. The molecule has 0 saturated carbocycles. The fourth-order valence-corrected chi connectivity index (χ4v) is 4.25. The van der Waals surface area contributed by atoms with Crippen LogP contribution in [0.2, 0.25) is 15.1 Å². The fraction of sp³-hybridized carbons (Fsp3) is 0.111. The minimum absolute atomic E-state index is 0.0836. The number of amides is 2. The summed E-state index contributed by atoms with van der Waals surface area (Å²) in [5.74, 6) is -0.928. The van der Waals surface area contributed by atoms with Gasteiger partial charge in [0.25, 0.3) is 0 Å². The van der Waals surface area contributed by atoms with Crippen molar-refractivity contribution in [2.24, 2.45) is 4.99 Å². The van der Waals surface area contributed by atoms with Crippen molar-refractivity contribution in [3.05, 3.63) is 57.5 Å². The molecule has 28 heavy (non-hydrogen) atoms. The van der Waals surface area contributed by atoms with Gasteiger partial charge in [-0.15, -0.1) is 0 Å². The van der Waals surface area contributed by atoms with Gasteiger partial charge in [-0.1, -0.05) is 64.8 Å². The highest BCUT2D eigenvalue weighted by molar-refractivity contribution is 8.15. The third-order valence-electron chi connectivity index (χ3n) is 3.76. The maximum Gasteiger partial charge on any atom is 0.247 e. The summed E-state index contributed by atoms with van der Waals surface area (Å²) in [6.45, 7) is 0. The van der Waals surface area contributed by atoms with Crippen LogP contribution in [0.25, 0.3) is 0 Å². The number of nitriles is 1. The van der Waals surface area contributed by atoms with Gasteiger partial charge in [-0.25, -0.2) is 9.89 Å². The molecule has 0 bridgehead atoms. The summed E-state index contributed by atoms with van der Waals surface area (Å²) in [5.41, 5.74) is 0.582. The van der Waals surface area contributed by atoms with E-state index in [1.165, 1.54) is 0 Å². The van der Waals surface area contributed by atoms with Crippen LogP contribution in [0.15, 0.2) is 47.5 Å². The molecule has 2 amide bonds. The van der Waals surface area contributed by atoms with Gasteiger partial charge in [-0.3, -0.25) is 14.9 Å². The summed E-state index contributed by atoms with van der Waals surface area (Å²) in [7, 11) is 0. The van der Waals surface area contributed by atoms with Crippen molar-refractivity contribution >= 4 is 74.9 Å². The first-order valence-corrected chi connectivity index (χ1v) is 9.89. The molecule has 1 atom stereocenters. The number of nitrogens with one attached hydrogen (secondary N) is 1. The largest absolute Gasteiger partial charge is 0.274 e. The lowest BCUT2D eigenvalue weighted by Crippen LogP contribution is -2.32. The lowest BCUT2D eigenvalue weighted by atomic mass is 10.3. The molecule has 1 fully saturated rings. The Kier molecular flexibility index (Phi) is 6.47. The number of halogens is 3. The maximum absolute atomic E-state index is 12.9. The number of nitrogens with zero attached hydrogens (tertiary/aromatic N) is 3. The average Bonchev–Trinajstić information content (AvgIpc) is 2.91. The molecule has 0 aliphatic carbocycles. The highest BCUT2D eigenvalue weighted by atomic mass is 35.5. The molecule has 142 valence electrons. The molecule has 2 aromatic carbocycles. The molecule has 2 aromatic rings. The highest BCUT2D eigenvalue weighted by Gasteiger charge is 2.42. The molecule has 0 aromatic heterocycles. The molecule has 1 aliphatic rings. The topological polar surface area (TPSA) is 85.6 Å². The molecule has 1 heterocycles. The van der Waals surface area contributed by atoms with Crippen LogP contribution >= 0.6 is 46.6 Å². The van der Waals surface area contributed by atoms with Gasteiger partial charge in [-0.05, 0) is 24.3 Å². The quantitative estimate of drug-likeness (QED) is 0.238. The Morgan fingerprint density at radius 3 is 2.39 bits per heavy atom. The monoisotopic (exact) mass is 452 g/mol. The number of imide groups is 1. The van der Waals surface area contributed by atoms with Gasteiger partial charge in [0.1, 0.15) is 5.25 Å². The zero-order valence-corrected chi connectivity index (χ0v) is 17.1. The number of hydrogen-bond acceptors (Lipinski definition) is 5. The van der Waals surface area contributed by atoms with Crippen molar-refractivity contribution in [3.63, 3.8) is 0 Å². The van der Waals surface area contributed by atoms with Crippen molar-refractivity contribution in [2.75, 3.05) is 4.90 Å². The predicted octanol–water partition coefficient (Wildman–Crippen LogP) is 4.77. The van der Waals surface area contributed by atoms with Crippen molar-refractivity contribution in [1.82, 2.24) is 5.32 Å². The smallest absolute Gasteiger partial charge is 0.247 e. The van der Waals surface area contributed by atoms with Crippen LogP contribution in [0, 0.1) is 11.5 Å². The number of carbonyl (C=O) groups is 2. The van der Waals surface area contributed by atoms with Gasteiger partial charge in [-0.2, -0.15) is 5.26 Å². The van der Waals surface area contributed by atoms with E-state index >= 15 is 0 Å². The minimum Gasteiger partial charge on any atom is -0.274 e. The second-order valence-electron chi connectivity index (χ2n) is 5.55. The number of aliphatic imine (C=N–C) groups is 1. The zero-order valence-electron chi connectivity index (χ0n) is 14.0. The summed E-state index contributed by atoms with van der Waals surface area (Å²) in [6, 6.07) is 11.5. The Morgan fingerprint density at radius 2 is 1.75 bits per heavy atom. The summed E-state index contributed by atoms with van der Waals surface area (Å²) in [6.07, 6.45) is 1.69. The third kappa shape index (κ3) is 4.26. The van der Waals surface area contributed by atoms with Gasteiger partial charge in [0.2, 0.25) is 11.8 Å². The van der Waals surface area contributed by atoms with E-state index in [2.05, 4.69) is 10.3 Å². The number of hydrogen-bond donors (Lipinski definition) is 1.